The maximum atomic E-state index is 11.1. The van der Waals surface area contributed by atoms with Gasteiger partial charge in [-0.15, -0.1) is 0 Å². The minimum Gasteiger partial charge on any atom is -0.431 e. The summed E-state index contributed by atoms with van der Waals surface area (Å²) in [6.07, 6.45) is 3.28. The molecule has 0 aromatic rings. The van der Waals surface area contributed by atoms with E-state index in [1.807, 2.05) is 20.8 Å². The molecule has 2 atom stereocenters. The molecule has 0 radical (unpaired) electrons. The Hall–Kier alpha value is -0.830. The van der Waals surface area contributed by atoms with Crippen molar-refractivity contribution in [3.8, 4) is 0 Å². The van der Waals surface area contributed by atoms with Crippen molar-refractivity contribution in [1.29, 1.82) is 0 Å². The third-order valence-corrected chi connectivity index (χ3v) is 2.23. The molecule has 1 aliphatic heterocycles. The summed E-state index contributed by atoms with van der Waals surface area (Å²) in [5, 5.41) is 0. The molecule has 1 heterocycles. The summed E-state index contributed by atoms with van der Waals surface area (Å²) in [7, 11) is 0. The van der Waals surface area contributed by atoms with Gasteiger partial charge in [-0.05, 0) is 27.2 Å². The maximum absolute atomic E-state index is 11.1. The van der Waals surface area contributed by atoms with Gasteiger partial charge in [0.05, 0.1) is 0 Å². The molecule has 0 aliphatic carbocycles. The second kappa shape index (κ2) is 4.13. The van der Waals surface area contributed by atoms with Gasteiger partial charge in [-0.25, -0.2) is 4.79 Å². The number of hydrogen-bond acceptors (Lipinski definition) is 3. The standard InChI is InChI=1S/C11H18O3/c1-8(2)6-5-7-11(4)13-9(3)10(12)14-11/h6,9H,5,7H2,1-4H3. The summed E-state index contributed by atoms with van der Waals surface area (Å²) in [6, 6.07) is 0. The second-order valence-electron chi connectivity index (χ2n) is 4.14. The van der Waals surface area contributed by atoms with Crippen LogP contribution in [0.2, 0.25) is 0 Å². The fourth-order valence-corrected chi connectivity index (χ4v) is 1.47. The lowest BCUT2D eigenvalue weighted by Gasteiger charge is -2.20. The number of hydrogen-bond donors (Lipinski definition) is 0. The Bertz CT molecular complexity index is 253. The van der Waals surface area contributed by atoms with Crippen LogP contribution in [0.3, 0.4) is 0 Å². The molecule has 80 valence electrons. The summed E-state index contributed by atoms with van der Waals surface area (Å²) in [5.74, 6) is -0.979. The molecule has 0 saturated carbocycles. The normalized spacial score (nSPS) is 31.4. The van der Waals surface area contributed by atoms with E-state index in [0.29, 0.717) is 6.42 Å². The van der Waals surface area contributed by atoms with E-state index in [1.54, 1.807) is 6.92 Å². The minimum absolute atomic E-state index is 0.260. The Morgan fingerprint density at radius 2 is 2.21 bits per heavy atom. The van der Waals surface area contributed by atoms with E-state index >= 15 is 0 Å². The number of rotatable bonds is 3. The van der Waals surface area contributed by atoms with Gasteiger partial charge in [-0.3, -0.25) is 0 Å². The lowest BCUT2D eigenvalue weighted by Crippen LogP contribution is -2.25. The van der Waals surface area contributed by atoms with Gasteiger partial charge in [0.15, 0.2) is 6.10 Å². The average Bonchev–Trinajstić information content (AvgIpc) is 2.25. The average molecular weight is 198 g/mol. The van der Waals surface area contributed by atoms with Gasteiger partial charge in [0.2, 0.25) is 5.79 Å². The SMILES string of the molecule is CC(C)=CCCC1(C)OC(=O)C(C)O1. The smallest absolute Gasteiger partial charge is 0.337 e. The van der Waals surface area contributed by atoms with Gasteiger partial charge >= 0.3 is 5.97 Å². The van der Waals surface area contributed by atoms with Gasteiger partial charge in [0.25, 0.3) is 0 Å². The van der Waals surface area contributed by atoms with E-state index in [4.69, 9.17) is 9.47 Å². The first kappa shape index (κ1) is 11.2. The monoisotopic (exact) mass is 198 g/mol. The Labute approximate surface area is 85.1 Å². The van der Waals surface area contributed by atoms with Gasteiger partial charge in [0.1, 0.15) is 0 Å². The van der Waals surface area contributed by atoms with Crippen molar-refractivity contribution >= 4 is 5.97 Å². The fraction of sp³-hybridized carbons (Fsp3) is 0.727. The lowest BCUT2D eigenvalue weighted by molar-refractivity contribution is -0.170. The first-order chi connectivity index (χ1) is 6.43. The Balaban J connectivity index is 2.45. The van der Waals surface area contributed by atoms with Gasteiger partial charge in [-0.1, -0.05) is 11.6 Å². The lowest BCUT2D eigenvalue weighted by atomic mass is 10.1. The van der Waals surface area contributed by atoms with E-state index < -0.39 is 11.9 Å². The third kappa shape index (κ3) is 2.84. The van der Waals surface area contributed by atoms with E-state index in [2.05, 4.69) is 6.08 Å². The fourth-order valence-electron chi connectivity index (χ4n) is 1.47. The number of cyclic esters (lactones) is 1. The molecule has 2 unspecified atom stereocenters. The van der Waals surface area contributed by atoms with Crippen LogP contribution in [0.25, 0.3) is 0 Å². The zero-order valence-electron chi connectivity index (χ0n) is 9.29. The Morgan fingerprint density at radius 1 is 1.57 bits per heavy atom. The van der Waals surface area contributed by atoms with E-state index in [9.17, 15) is 4.79 Å². The molecule has 1 saturated heterocycles. The molecule has 0 aromatic carbocycles. The predicted octanol–water partition coefficient (Wildman–Crippen LogP) is 2.41. The van der Waals surface area contributed by atoms with Crippen molar-refractivity contribution in [2.24, 2.45) is 0 Å². The molecule has 1 aliphatic rings. The van der Waals surface area contributed by atoms with E-state index in [-0.39, 0.29) is 5.97 Å². The molecule has 3 heteroatoms. The number of carbonyl (C=O) groups excluding carboxylic acids is 1. The van der Waals surface area contributed by atoms with Crippen LogP contribution in [0.4, 0.5) is 0 Å². The van der Waals surface area contributed by atoms with Crippen LogP contribution < -0.4 is 0 Å². The molecular weight excluding hydrogens is 180 g/mol. The molecule has 0 spiro atoms. The number of ether oxygens (including phenoxy) is 2. The number of allylic oxidation sites excluding steroid dienone is 2. The van der Waals surface area contributed by atoms with Crippen LogP contribution in [-0.4, -0.2) is 17.9 Å². The van der Waals surface area contributed by atoms with Crippen molar-refractivity contribution in [1.82, 2.24) is 0 Å². The topological polar surface area (TPSA) is 35.5 Å². The minimum atomic E-state index is -0.720. The molecule has 1 rings (SSSR count). The molecule has 0 amide bonds. The first-order valence-corrected chi connectivity index (χ1v) is 4.97. The maximum Gasteiger partial charge on any atom is 0.337 e. The zero-order chi connectivity index (χ0) is 10.8. The van der Waals surface area contributed by atoms with Gasteiger partial charge in [0, 0.05) is 13.3 Å². The quantitative estimate of drug-likeness (QED) is 0.516. The summed E-state index contributed by atoms with van der Waals surface area (Å²) < 4.78 is 10.6. The van der Waals surface area contributed by atoms with E-state index in [1.165, 1.54) is 5.57 Å². The van der Waals surface area contributed by atoms with Crippen LogP contribution in [0.15, 0.2) is 11.6 Å². The summed E-state index contributed by atoms with van der Waals surface area (Å²) in [6.45, 7) is 7.63. The highest BCUT2D eigenvalue weighted by atomic mass is 16.8. The summed E-state index contributed by atoms with van der Waals surface area (Å²) in [5.41, 5.74) is 1.27. The van der Waals surface area contributed by atoms with Crippen molar-refractivity contribution in [3.05, 3.63) is 11.6 Å². The number of carbonyl (C=O) groups is 1. The van der Waals surface area contributed by atoms with Crippen molar-refractivity contribution < 1.29 is 14.3 Å². The summed E-state index contributed by atoms with van der Waals surface area (Å²) >= 11 is 0. The van der Waals surface area contributed by atoms with Gasteiger partial charge < -0.3 is 9.47 Å². The molecular formula is C11H18O3. The highest BCUT2D eigenvalue weighted by Gasteiger charge is 2.41. The number of esters is 1. The molecule has 0 N–H and O–H groups in total. The molecule has 1 fully saturated rings. The highest BCUT2D eigenvalue weighted by molar-refractivity contribution is 5.76. The second-order valence-corrected chi connectivity index (χ2v) is 4.14. The largest absolute Gasteiger partial charge is 0.431 e. The Kier molecular flexibility index (Phi) is 3.32. The van der Waals surface area contributed by atoms with Crippen LogP contribution in [-0.2, 0) is 14.3 Å². The van der Waals surface area contributed by atoms with Crippen molar-refractivity contribution in [2.45, 2.75) is 52.4 Å². The Morgan fingerprint density at radius 3 is 2.64 bits per heavy atom. The molecule has 0 aromatic heterocycles. The first-order valence-electron chi connectivity index (χ1n) is 4.97. The highest BCUT2D eigenvalue weighted by Crippen LogP contribution is 2.28. The third-order valence-electron chi connectivity index (χ3n) is 2.23. The molecule has 14 heavy (non-hydrogen) atoms. The zero-order valence-corrected chi connectivity index (χ0v) is 9.29. The molecule has 3 nitrogen and oxygen atoms in total. The predicted molar refractivity (Wildman–Crippen MR) is 53.7 cm³/mol. The van der Waals surface area contributed by atoms with Crippen molar-refractivity contribution in [3.63, 3.8) is 0 Å². The van der Waals surface area contributed by atoms with Crippen LogP contribution >= 0.6 is 0 Å². The van der Waals surface area contributed by atoms with Crippen LogP contribution in [0.5, 0.6) is 0 Å². The molecule has 0 bridgehead atoms. The van der Waals surface area contributed by atoms with Crippen LogP contribution in [0.1, 0.15) is 40.5 Å². The van der Waals surface area contributed by atoms with Gasteiger partial charge in [-0.2, -0.15) is 0 Å². The van der Waals surface area contributed by atoms with Crippen molar-refractivity contribution in [2.75, 3.05) is 0 Å². The van der Waals surface area contributed by atoms with E-state index in [0.717, 1.165) is 6.42 Å². The summed E-state index contributed by atoms with van der Waals surface area (Å²) in [4.78, 5) is 11.1. The van der Waals surface area contributed by atoms with Crippen LogP contribution in [0, 0.1) is 0 Å².